The molecule has 0 aromatic rings. The van der Waals surface area contributed by atoms with Gasteiger partial charge >= 0.3 is 5.97 Å². The molecule has 0 heterocycles. The number of rotatable bonds is 11. The van der Waals surface area contributed by atoms with E-state index in [9.17, 15) is 24.3 Å². The van der Waals surface area contributed by atoms with Crippen LogP contribution < -0.4 is 21.7 Å². The standard InChI is InChI=1S/C18H34N4O5/c1-9(2)7-12(19)16(24)20-8-13(23)21-14(10(3)4)17(25)22-15(11(5)6)18(26)27/h9-12,14-15H,7-8,19H2,1-6H3,(H,20,24)(H,21,23)(H,22,25)(H,26,27). The number of hydrogen-bond donors (Lipinski definition) is 5. The first-order chi connectivity index (χ1) is 12.4. The fourth-order valence-electron chi connectivity index (χ4n) is 2.43. The molecule has 0 saturated heterocycles. The summed E-state index contributed by atoms with van der Waals surface area (Å²) in [4.78, 5) is 47.6. The van der Waals surface area contributed by atoms with Gasteiger partial charge in [-0.15, -0.1) is 0 Å². The summed E-state index contributed by atoms with van der Waals surface area (Å²) >= 11 is 0. The van der Waals surface area contributed by atoms with Gasteiger partial charge in [-0.3, -0.25) is 14.4 Å². The lowest BCUT2D eigenvalue weighted by atomic mass is 10.0. The van der Waals surface area contributed by atoms with Gasteiger partial charge in [-0.2, -0.15) is 0 Å². The van der Waals surface area contributed by atoms with Crippen LogP contribution in [0, 0.1) is 17.8 Å². The van der Waals surface area contributed by atoms with E-state index in [-0.39, 0.29) is 24.3 Å². The number of carbonyl (C=O) groups is 4. The second-order valence-electron chi connectivity index (χ2n) is 7.81. The number of carboxylic acid groups (broad SMARTS) is 1. The molecular formula is C18H34N4O5. The molecule has 3 unspecified atom stereocenters. The van der Waals surface area contributed by atoms with Gasteiger partial charge in [0, 0.05) is 0 Å². The molecule has 6 N–H and O–H groups in total. The van der Waals surface area contributed by atoms with Crippen molar-refractivity contribution in [3.8, 4) is 0 Å². The molecule has 0 aliphatic rings. The maximum Gasteiger partial charge on any atom is 0.326 e. The summed E-state index contributed by atoms with van der Waals surface area (Å²) in [6, 6.07) is -2.67. The summed E-state index contributed by atoms with van der Waals surface area (Å²) in [5.74, 6) is -3.04. The molecule has 9 heteroatoms. The number of amides is 3. The summed E-state index contributed by atoms with van der Waals surface area (Å²) in [5, 5.41) is 16.6. The van der Waals surface area contributed by atoms with E-state index >= 15 is 0 Å². The molecule has 0 aromatic carbocycles. The van der Waals surface area contributed by atoms with Crippen molar-refractivity contribution in [3.63, 3.8) is 0 Å². The van der Waals surface area contributed by atoms with E-state index in [1.165, 1.54) is 0 Å². The minimum Gasteiger partial charge on any atom is -0.480 e. The van der Waals surface area contributed by atoms with Gasteiger partial charge in [0.05, 0.1) is 12.6 Å². The Balaban J connectivity index is 4.77. The second kappa shape index (κ2) is 11.5. The van der Waals surface area contributed by atoms with E-state index < -0.39 is 41.8 Å². The van der Waals surface area contributed by atoms with Crippen LogP contribution >= 0.6 is 0 Å². The zero-order valence-electron chi connectivity index (χ0n) is 17.0. The van der Waals surface area contributed by atoms with Crippen LogP contribution in [-0.2, 0) is 19.2 Å². The Morgan fingerprint density at radius 1 is 0.852 bits per heavy atom. The number of hydrogen-bond acceptors (Lipinski definition) is 5. The Morgan fingerprint density at radius 3 is 1.78 bits per heavy atom. The molecule has 0 saturated carbocycles. The second-order valence-corrected chi connectivity index (χ2v) is 7.81. The van der Waals surface area contributed by atoms with E-state index in [1.54, 1.807) is 27.7 Å². The fourth-order valence-corrected chi connectivity index (χ4v) is 2.43. The van der Waals surface area contributed by atoms with Gasteiger partial charge in [-0.25, -0.2) is 4.79 Å². The van der Waals surface area contributed by atoms with Gasteiger partial charge < -0.3 is 26.8 Å². The van der Waals surface area contributed by atoms with Gasteiger partial charge in [0.25, 0.3) is 0 Å². The Hall–Kier alpha value is -2.16. The van der Waals surface area contributed by atoms with Crippen LogP contribution in [0.25, 0.3) is 0 Å². The Morgan fingerprint density at radius 2 is 1.37 bits per heavy atom. The van der Waals surface area contributed by atoms with E-state index in [0.29, 0.717) is 6.42 Å². The van der Waals surface area contributed by atoms with Crippen molar-refractivity contribution in [1.82, 2.24) is 16.0 Å². The summed E-state index contributed by atoms with van der Waals surface area (Å²) in [6.45, 7) is 10.4. The van der Waals surface area contributed by atoms with Gasteiger partial charge in [0.2, 0.25) is 17.7 Å². The molecule has 0 aromatic heterocycles. The Kier molecular flexibility index (Phi) is 10.6. The lowest BCUT2D eigenvalue weighted by Crippen LogP contribution is -2.56. The van der Waals surface area contributed by atoms with E-state index in [0.717, 1.165) is 0 Å². The highest BCUT2D eigenvalue weighted by Crippen LogP contribution is 2.06. The zero-order valence-corrected chi connectivity index (χ0v) is 17.0. The van der Waals surface area contributed by atoms with Crippen molar-refractivity contribution < 1.29 is 24.3 Å². The van der Waals surface area contributed by atoms with Crippen molar-refractivity contribution in [2.75, 3.05) is 6.54 Å². The first kappa shape index (κ1) is 24.8. The van der Waals surface area contributed by atoms with Gasteiger partial charge in [0.1, 0.15) is 12.1 Å². The fraction of sp³-hybridized carbons (Fsp3) is 0.778. The lowest BCUT2D eigenvalue weighted by Gasteiger charge is -2.25. The highest BCUT2D eigenvalue weighted by Gasteiger charge is 2.30. The van der Waals surface area contributed by atoms with Crippen LogP contribution in [0.4, 0.5) is 0 Å². The number of nitrogens with one attached hydrogen (secondary N) is 3. The molecule has 3 atom stereocenters. The monoisotopic (exact) mass is 386 g/mol. The highest BCUT2D eigenvalue weighted by molar-refractivity contribution is 5.92. The summed E-state index contributed by atoms with van der Waals surface area (Å²) < 4.78 is 0. The van der Waals surface area contributed by atoms with Gasteiger partial charge in [0.15, 0.2) is 0 Å². The predicted molar refractivity (Wildman–Crippen MR) is 102 cm³/mol. The molecule has 27 heavy (non-hydrogen) atoms. The predicted octanol–water partition coefficient (Wildman–Crippen LogP) is -0.158. The molecule has 0 aliphatic carbocycles. The maximum absolute atomic E-state index is 12.4. The van der Waals surface area contributed by atoms with Gasteiger partial charge in [-0.1, -0.05) is 41.5 Å². The molecule has 156 valence electrons. The molecule has 0 aliphatic heterocycles. The average Bonchev–Trinajstić information content (AvgIpc) is 2.53. The molecule has 9 nitrogen and oxygen atoms in total. The van der Waals surface area contributed by atoms with Crippen LogP contribution in [0.2, 0.25) is 0 Å². The molecule has 0 bridgehead atoms. The zero-order chi connectivity index (χ0) is 21.3. The number of carbonyl (C=O) groups excluding carboxylic acids is 3. The van der Waals surface area contributed by atoms with Crippen molar-refractivity contribution in [3.05, 3.63) is 0 Å². The molecule has 0 rings (SSSR count). The minimum absolute atomic E-state index is 0.247. The molecule has 0 fully saturated rings. The van der Waals surface area contributed by atoms with Crippen molar-refractivity contribution in [2.24, 2.45) is 23.5 Å². The maximum atomic E-state index is 12.4. The van der Waals surface area contributed by atoms with Crippen LogP contribution in [0.1, 0.15) is 48.0 Å². The lowest BCUT2D eigenvalue weighted by molar-refractivity contribution is -0.143. The van der Waals surface area contributed by atoms with Crippen molar-refractivity contribution in [1.29, 1.82) is 0 Å². The van der Waals surface area contributed by atoms with Crippen LogP contribution in [0.15, 0.2) is 0 Å². The highest BCUT2D eigenvalue weighted by atomic mass is 16.4. The smallest absolute Gasteiger partial charge is 0.326 e. The van der Waals surface area contributed by atoms with Crippen LogP contribution in [-0.4, -0.2) is 53.5 Å². The van der Waals surface area contributed by atoms with Crippen molar-refractivity contribution in [2.45, 2.75) is 66.1 Å². The molecular weight excluding hydrogens is 352 g/mol. The summed E-state index contributed by atoms with van der Waals surface area (Å²) in [6.07, 6.45) is 0.496. The van der Waals surface area contributed by atoms with Crippen LogP contribution in [0.5, 0.6) is 0 Å². The third-order valence-corrected chi connectivity index (χ3v) is 3.98. The third-order valence-electron chi connectivity index (χ3n) is 3.98. The minimum atomic E-state index is -1.14. The first-order valence-corrected chi connectivity index (χ1v) is 9.22. The SMILES string of the molecule is CC(C)CC(N)C(=O)NCC(=O)NC(C(=O)NC(C(=O)O)C(C)C)C(C)C. The number of aliphatic carboxylic acids is 1. The normalized spacial score (nSPS) is 14.6. The molecule has 3 amide bonds. The van der Waals surface area contributed by atoms with E-state index in [1.807, 2.05) is 13.8 Å². The van der Waals surface area contributed by atoms with Crippen LogP contribution in [0.3, 0.4) is 0 Å². The third kappa shape index (κ3) is 9.37. The van der Waals surface area contributed by atoms with E-state index in [4.69, 9.17) is 5.73 Å². The van der Waals surface area contributed by atoms with Crippen molar-refractivity contribution >= 4 is 23.7 Å². The Bertz CT molecular complexity index is 534. The molecule has 0 spiro atoms. The average molecular weight is 386 g/mol. The van der Waals surface area contributed by atoms with Gasteiger partial charge in [-0.05, 0) is 24.2 Å². The molecule has 0 radical (unpaired) electrons. The van der Waals surface area contributed by atoms with E-state index in [2.05, 4.69) is 16.0 Å². The first-order valence-electron chi connectivity index (χ1n) is 9.22. The largest absolute Gasteiger partial charge is 0.480 e. The number of carboxylic acids is 1. The summed E-state index contributed by atoms with van der Waals surface area (Å²) in [5.41, 5.74) is 5.75. The Labute approximate surface area is 160 Å². The quantitative estimate of drug-likeness (QED) is 0.333. The number of nitrogens with two attached hydrogens (primary N) is 1. The topological polar surface area (TPSA) is 151 Å². The summed E-state index contributed by atoms with van der Waals surface area (Å²) in [7, 11) is 0.